The van der Waals surface area contributed by atoms with Crippen LogP contribution in [0.2, 0.25) is 0 Å². The van der Waals surface area contributed by atoms with Crippen molar-refractivity contribution in [1.82, 2.24) is 14.9 Å². The van der Waals surface area contributed by atoms with Crippen LogP contribution in [-0.2, 0) is 0 Å². The number of nitrogens with one attached hydrogen (secondary N) is 1. The van der Waals surface area contributed by atoms with E-state index >= 15 is 0 Å². The molecule has 2 aromatic rings. The van der Waals surface area contributed by atoms with Crippen molar-refractivity contribution in [2.45, 2.75) is 25.2 Å². The van der Waals surface area contributed by atoms with E-state index in [0.29, 0.717) is 5.92 Å². The lowest BCUT2D eigenvalue weighted by molar-refractivity contribution is 0.209. The zero-order chi connectivity index (χ0) is 13.1. The van der Waals surface area contributed by atoms with Crippen LogP contribution in [0.4, 0.5) is 0 Å². The molecule has 1 aliphatic heterocycles. The van der Waals surface area contributed by atoms with Gasteiger partial charge >= 0.3 is 0 Å². The van der Waals surface area contributed by atoms with Gasteiger partial charge in [0.05, 0.1) is 11.0 Å². The Hall–Kier alpha value is -1.39. The number of aromatic nitrogens is 2. The van der Waals surface area contributed by atoms with E-state index in [2.05, 4.69) is 28.1 Å². The Morgan fingerprint density at radius 3 is 2.79 bits per heavy atom. The van der Waals surface area contributed by atoms with Gasteiger partial charge in [0.25, 0.3) is 0 Å². The largest absolute Gasteiger partial charge is 0.342 e. The Morgan fingerprint density at radius 1 is 1.26 bits per heavy atom. The van der Waals surface area contributed by atoms with Gasteiger partial charge in [-0.3, -0.25) is 0 Å². The van der Waals surface area contributed by atoms with Gasteiger partial charge in [-0.2, -0.15) is 0 Å². The summed E-state index contributed by atoms with van der Waals surface area (Å²) in [5, 5.41) is 0. The summed E-state index contributed by atoms with van der Waals surface area (Å²) in [6.07, 6.45) is 3.50. The zero-order valence-electron chi connectivity index (χ0n) is 11.3. The first-order valence-electron chi connectivity index (χ1n) is 7.24. The molecule has 0 saturated carbocycles. The number of imidazole rings is 1. The second-order valence-electron chi connectivity index (χ2n) is 5.40. The van der Waals surface area contributed by atoms with Gasteiger partial charge in [0.15, 0.2) is 0 Å². The number of rotatable bonds is 4. The second kappa shape index (κ2) is 5.72. The predicted molar refractivity (Wildman–Crippen MR) is 78.2 cm³/mol. The van der Waals surface area contributed by atoms with Crippen LogP contribution >= 0.6 is 0 Å². The van der Waals surface area contributed by atoms with E-state index in [1.54, 1.807) is 0 Å². The number of hydrogen-bond acceptors (Lipinski definition) is 3. The molecule has 1 aromatic carbocycles. The molecule has 3 N–H and O–H groups in total. The number of fused-ring (bicyclic) bond motifs is 1. The highest BCUT2D eigenvalue weighted by atomic mass is 15.1. The smallest absolute Gasteiger partial charge is 0.110 e. The second-order valence-corrected chi connectivity index (χ2v) is 5.40. The molecule has 3 rings (SSSR count). The maximum Gasteiger partial charge on any atom is 0.110 e. The van der Waals surface area contributed by atoms with Crippen LogP contribution in [0.3, 0.4) is 0 Å². The van der Waals surface area contributed by atoms with Crippen LogP contribution < -0.4 is 5.73 Å². The zero-order valence-corrected chi connectivity index (χ0v) is 11.3. The van der Waals surface area contributed by atoms with Crippen LogP contribution in [0.25, 0.3) is 11.0 Å². The Balaban J connectivity index is 1.64. The number of nitrogens with two attached hydrogens (primary N) is 1. The van der Waals surface area contributed by atoms with Crippen LogP contribution in [0, 0.1) is 0 Å². The van der Waals surface area contributed by atoms with Gasteiger partial charge in [-0.25, -0.2) is 4.98 Å². The molecule has 4 nitrogen and oxygen atoms in total. The fourth-order valence-corrected chi connectivity index (χ4v) is 2.91. The standard InChI is InChI=1S/C15H22N4/c16-8-3-9-19-10-6-12(7-11-19)15-17-13-4-1-2-5-14(13)18-15/h1-2,4-5,12H,3,6-11,16H2,(H,17,18). The topological polar surface area (TPSA) is 57.9 Å². The highest BCUT2D eigenvalue weighted by Crippen LogP contribution is 2.27. The molecule has 19 heavy (non-hydrogen) atoms. The summed E-state index contributed by atoms with van der Waals surface area (Å²) in [5.41, 5.74) is 7.81. The minimum Gasteiger partial charge on any atom is -0.342 e. The first kappa shape index (κ1) is 12.6. The first-order chi connectivity index (χ1) is 9.36. The third kappa shape index (κ3) is 2.80. The van der Waals surface area contributed by atoms with Crippen LogP contribution in [0.5, 0.6) is 0 Å². The van der Waals surface area contributed by atoms with Crippen molar-refractivity contribution in [1.29, 1.82) is 0 Å². The van der Waals surface area contributed by atoms with E-state index in [-0.39, 0.29) is 0 Å². The average molecular weight is 258 g/mol. The molecule has 0 unspecified atom stereocenters. The Labute approximate surface area is 114 Å². The number of piperidine rings is 1. The molecule has 0 spiro atoms. The Bertz CT molecular complexity index is 493. The summed E-state index contributed by atoms with van der Waals surface area (Å²) in [4.78, 5) is 10.7. The quantitative estimate of drug-likeness (QED) is 0.883. The van der Waals surface area contributed by atoms with Gasteiger partial charge in [-0.15, -0.1) is 0 Å². The molecule has 1 saturated heterocycles. The van der Waals surface area contributed by atoms with Gasteiger partial charge in [-0.05, 0) is 57.6 Å². The van der Waals surface area contributed by atoms with Crippen LogP contribution in [0.1, 0.15) is 31.0 Å². The van der Waals surface area contributed by atoms with E-state index in [0.717, 1.165) is 30.5 Å². The van der Waals surface area contributed by atoms with Crippen molar-refractivity contribution < 1.29 is 0 Å². The molecular formula is C15H22N4. The van der Waals surface area contributed by atoms with Gasteiger partial charge < -0.3 is 15.6 Å². The van der Waals surface area contributed by atoms with Crippen molar-refractivity contribution in [3.05, 3.63) is 30.1 Å². The number of likely N-dealkylation sites (tertiary alicyclic amines) is 1. The summed E-state index contributed by atoms with van der Waals surface area (Å²) in [6.45, 7) is 4.27. The van der Waals surface area contributed by atoms with E-state index in [1.165, 1.54) is 31.8 Å². The molecule has 102 valence electrons. The molecule has 1 fully saturated rings. The van der Waals surface area contributed by atoms with E-state index in [9.17, 15) is 0 Å². The van der Waals surface area contributed by atoms with E-state index in [4.69, 9.17) is 10.7 Å². The molecule has 2 heterocycles. The van der Waals surface area contributed by atoms with Crippen molar-refractivity contribution in [3.63, 3.8) is 0 Å². The maximum atomic E-state index is 5.57. The van der Waals surface area contributed by atoms with Gasteiger partial charge in [-0.1, -0.05) is 12.1 Å². The summed E-state index contributed by atoms with van der Waals surface area (Å²) >= 11 is 0. The highest BCUT2D eigenvalue weighted by Gasteiger charge is 2.22. The average Bonchev–Trinajstić information content (AvgIpc) is 2.89. The Morgan fingerprint density at radius 2 is 2.05 bits per heavy atom. The lowest BCUT2D eigenvalue weighted by Crippen LogP contribution is -2.34. The third-order valence-corrected chi connectivity index (χ3v) is 4.06. The normalized spacial score (nSPS) is 18.2. The number of hydrogen-bond donors (Lipinski definition) is 2. The number of para-hydroxylation sites is 2. The lowest BCUT2D eigenvalue weighted by Gasteiger charge is -2.30. The van der Waals surface area contributed by atoms with Crippen LogP contribution in [-0.4, -0.2) is 41.0 Å². The van der Waals surface area contributed by atoms with Gasteiger partial charge in [0.1, 0.15) is 5.82 Å². The summed E-state index contributed by atoms with van der Waals surface area (Å²) < 4.78 is 0. The number of benzene rings is 1. The molecule has 0 aliphatic carbocycles. The molecular weight excluding hydrogens is 236 g/mol. The monoisotopic (exact) mass is 258 g/mol. The van der Waals surface area contributed by atoms with Crippen molar-refractivity contribution in [3.8, 4) is 0 Å². The molecule has 1 aliphatic rings. The Kier molecular flexibility index (Phi) is 3.80. The minimum absolute atomic E-state index is 0.585. The van der Waals surface area contributed by atoms with Crippen molar-refractivity contribution in [2.24, 2.45) is 5.73 Å². The molecule has 1 aromatic heterocycles. The van der Waals surface area contributed by atoms with Crippen molar-refractivity contribution in [2.75, 3.05) is 26.2 Å². The molecule has 0 radical (unpaired) electrons. The molecule has 0 atom stereocenters. The summed E-state index contributed by atoms with van der Waals surface area (Å²) in [7, 11) is 0. The SMILES string of the molecule is NCCCN1CCC(c2nc3ccccc3[nH]2)CC1. The fraction of sp³-hybridized carbons (Fsp3) is 0.533. The van der Waals surface area contributed by atoms with Gasteiger partial charge in [0, 0.05) is 5.92 Å². The van der Waals surface area contributed by atoms with Crippen molar-refractivity contribution >= 4 is 11.0 Å². The minimum atomic E-state index is 0.585. The third-order valence-electron chi connectivity index (χ3n) is 4.06. The maximum absolute atomic E-state index is 5.57. The number of nitrogens with zero attached hydrogens (tertiary/aromatic N) is 2. The van der Waals surface area contributed by atoms with E-state index < -0.39 is 0 Å². The van der Waals surface area contributed by atoms with E-state index in [1.807, 2.05) is 6.07 Å². The predicted octanol–water partition coefficient (Wildman–Crippen LogP) is 2.09. The highest BCUT2D eigenvalue weighted by molar-refractivity contribution is 5.74. The lowest BCUT2D eigenvalue weighted by atomic mass is 9.96. The van der Waals surface area contributed by atoms with Gasteiger partial charge in [0.2, 0.25) is 0 Å². The number of aromatic amines is 1. The first-order valence-corrected chi connectivity index (χ1v) is 7.24. The summed E-state index contributed by atoms with van der Waals surface area (Å²) in [6, 6.07) is 8.27. The molecule has 0 bridgehead atoms. The molecule has 4 heteroatoms. The van der Waals surface area contributed by atoms with Crippen LogP contribution in [0.15, 0.2) is 24.3 Å². The fourth-order valence-electron chi connectivity index (χ4n) is 2.91. The summed E-state index contributed by atoms with van der Waals surface area (Å²) in [5.74, 6) is 1.75. The molecule has 0 amide bonds. The number of H-pyrrole nitrogens is 1.